The molecule has 20 heavy (non-hydrogen) atoms. The minimum atomic E-state index is -0.138. The van der Waals surface area contributed by atoms with Crippen molar-refractivity contribution in [2.75, 3.05) is 6.54 Å². The molecule has 3 heteroatoms. The van der Waals surface area contributed by atoms with Crippen molar-refractivity contribution in [1.82, 2.24) is 4.90 Å². The van der Waals surface area contributed by atoms with Gasteiger partial charge in [0, 0.05) is 31.7 Å². The Morgan fingerprint density at radius 1 is 1.10 bits per heavy atom. The van der Waals surface area contributed by atoms with E-state index in [0.717, 1.165) is 30.6 Å². The number of hydrogen-bond donors (Lipinski definition) is 1. The van der Waals surface area contributed by atoms with E-state index in [4.69, 9.17) is 5.73 Å². The average Bonchev–Trinajstić information content (AvgIpc) is 2.49. The molecule has 0 radical (unpaired) electrons. The molecule has 1 aliphatic heterocycles. The molecule has 0 unspecified atom stereocenters. The first-order chi connectivity index (χ1) is 9.76. The van der Waals surface area contributed by atoms with Crippen molar-refractivity contribution in [2.24, 2.45) is 5.73 Å². The van der Waals surface area contributed by atoms with E-state index >= 15 is 0 Å². The monoisotopic (exact) mass is 270 g/mol. The van der Waals surface area contributed by atoms with Crippen molar-refractivity contribution in [3.05, 3.63) is 70.5 Å². The number of benzene rings is 2. The van der Waals surface area contributed by atoms with E-state index in [1.54, 1.807) is 6.07 Å². The Morgan fingerprint density at radius 2 is 1.90 bits per heavy atom. The molecule has 0 fully saturated rings. The maximum Gasteiger partial charge on any atom is 0.127 e. The first-order valence-electron chi connectivity index (χ1n) is 7.03. The van der Waals surface area contributed by atoms with Crippen molar-refractivity contribution in [1.29, 1.82) is 0 Å². The molecule has 2 aromatic rings. The number of rotatable bonds is 3. The van der Waals surface area contributed by atoms with Crippen molar-refractivity contribution < 1.29 is 4.39 Å². The zero-order valence-electron chi connectivity index (χ0n) is 11.5. The molecule has 0 aliphatic carbocycles. The Hall–Kier alpha value is -1.71. The van der Waals surface area contributed by atoms with E-state index in [0.29, 0.717) is 13.1 Å². The van der Waals surface area contributed by atoms with Crippen LogP contribution in [0.1, 0.15) is 22.3 Å². The molecule has 3 rings (SSSR count). The third-order valence-corrected chi connectivity index (χ3v) is 3.95. The highest BCUT2D eigenvalue weighted by Gasteiger charge is 2.17. The lowest BCUT2D eigenvalue weighted by Crippen LogP contribution is -2.30. The summed E-state index contributed by atoms with van der Waals surface area (Å²) in [6.07, 6.45) is 1.04. The van der Waals surface area contributed by atoms with Gasteiger partial charge < -0.3 is 5.73 Å². The first-order valence-corrected chi connectivity index (χ1v) is 7.03. The maximum atomic E-state index is 13.9. The SMILES string of the molecule is NCc1ccc(F)c(CN2CCc3ccccc3C2)c1. The first kappa shape index (κ1) is 13.3. The third kappa shape index (κ3) is 2.74. The molecule has 0 spiro atoms. The summed E-state index contributed by atoms with van der Waals surface area (Å²) in [7, 11) is 0. The predicted molar refractivity (Wildman–Crippen MR) is 78.6 cm³/mol. The quantitative estimate of drug-likeness (QED) is 0.929. The van der Waals surface area contributed by atoms with Gasteiger partial charge in [-0.1, -0.05) is 36.4 Å². The Balaban J connectivity index is 1.76. The van der Waals surface area contributed by atoms with Crippen molar-refractivity contribution in [2.45, 2.75) is 26.1 Å². The van der Waals surface area contributed by atoms with Crippen molar-refractivity contribution in [3.63, 3.8) is 0 Å². The van der Waals surface area contributed by atoms with Crippen LogP contribution >= 0.6 is 0 Å². The van der Waals surface area contributed by atoms with Crippen molar-refractivity contribution in [3.8, 4) is 0 Å². The molecule has 0 amide bonds. The molecule has 0 saturated carbocycles. The molecule has 2 nitrogen and oxygen atoms in total. The van der Waals surface area contributed by atoms with Gasteiger partial charge >= 0.3 is 0 Å². The largest absolute Gasteiger partial charge is 0.326 e. The van der Waals surface area contributed by atoms with Crippen LogP contribution in [0.4, 0.5) is 4.39 Å². The molecule has 0 saturated heterocycles. The van der Waals surface area contributed by atoms with E-state index in [1.165, 1.54) is 17.2 Å². The van der Waals surface area contributed by atoms with E-state index in [9.17, 15) is 4.39 Å². The zero-order chi connectivity index (χ0) is 13.9. The Kier molecular flexibility index (Phi) is 3.81. The van der Waals surface area contributed by atoms with E-state index in [2.05, 4.69) is 29.2 Å². The summed E-state index contributed by atoms with van der Waals surface area (Å²) >= 11 is 0. The maximum absolute atomic E-state index is 13.9. The van der Waals surface area contributed by atoms with E-state index < -0.39 is 0 Å². The average molecular weight is 270 g/mol. The molecule has 1 heterocycles. The summed E-state index contributed by atoms with van der Waals surface area (Å²) in [5.74, 6) is -0.138. The summed E-state index contributed by atoms with van der Waals surface area (Å²) in [6.45, 7) is 2.97. The molecule has 2 aromatic carbocycles. The summed E-state index contributed by atoms with van der Waals surface area (Å²) in [5, 5.41) is 0. The van der Waals surface area contributed by atoms with Crippen LogP contribution in [0.15, 0.2) is 42.5 Å². The minimum Gasteiger partial charge on any atom is -0.326 e. The van der Waals surface area contributed by atoms with Crippen LogP contribution in [-0.4, -0.2) is 11.4 Å². The fraction of sp³-hybridized carbons (Fsp3) is 0.294. The highest BCUT2D eigenvalue weighted by Crippen LogP contribution is 2.21. The molecule has 1 aliphatic rings. The Morgan fingerprint density at radius 3 is 2.70 bits per heavy atom. The standard InChI is InChI=1S/C17H19FN2/c18-17-6-5-13(10-19)9-16(17)12-20-8-7-14-3-1-2-4-15(14)11-20/h1-6,9H,7-8,10-12,19H2. The fourth-order valence-electron chi connectivity index (χ4n) is 2.81. The smallest absolute Gasteiger partial charge is 0.127 e. The van der Waals surface area contributed by atoms with Gasteiger partial charge in [0.2, 0.25) is 0 Å². The number of halogens is 1. The second-order valence-corrected chi connectivity index (χ2v) is 5.36. The lowest BCUT2D eigenvalue weighted by Gasteiger charge is -2.29. The van der Waals surface area contributed by atoms with Crippen LogP contribution in [0.3, 0.4) is 0 Å². The molecule has 0 aromatic heterocycles. The highest BCUT2D eigenvalue weighted by atomic mass is 19.1. The summed E-state index contributed by atoms with van der Waals surface area (Å²) in [6, 6.07) is 13.7. The number of nitrogens with zero attached hydrogens (tertiary/aromatic N) is 1. The third-order valence-electron chi connectivity index (χ3n) is 3.95. The van der Waals surface area contributed by atoms with E-state index in [1.807, 2.05) is 6.07 Å². The fourth-order valence-corrected chi connectivity index (χ4v) is 2.81. The van der Waals surface area contributed by atoms with Gasteiger partial charge in [-0.25, -0.2) is 4.39 Å². The summed E-state index contributed by atoms with van der Waals surface area (Å²) in [4.78, 5) is 2.29. The molecule has 2 N–H and O–H groups in total. The van der Waals surface area contributed by atoms with Gasteiger partial charge in [0.1, 0.15) is 5.82 Å². The summed E-state index contributed by atoms with van der Waals surface area (Å²) < 4.78 is 13.9. The molecule has 0 bridgehead atoms. The number of nitrogens with two attached hydrogens (primary N) is 1. The lowest BCUT2D eigenvalue weighted by molar-refractivity contribution is 0.242. The van der Waals surface area contributed by atoms with Crippen LogP contribution in [0.25, 0.3) is 0 Å². The van der Waals surface area contributed by atoms with Gasteiger partial charge in [0.05, 0.1) is 0 Å². The highest BCUT2D eigenvalue weighted by molar-refractivity contribution is 5.30. The Bertz CT molecular complexity index is 610. The zero-order valence-corrected chi connectivity index (χ0v) is 11.5. The number of fused-ring (bicyclic) bond motifs is 1. The van der Waals surface area contributed by atoms with Crippen molar-refractivity contribution >= 4 is 0 Å². The van der Waals surface area contributed by atoms with Gasteiger partial charge in [-0.2, -0.15) is 0 Å². The second kappa shape index (κ2) is 5.73. The van der Waals surface area contributed by atoms with E-state index in [-0.39, 0.29) is 5.82 Å². The molecular formula is C17H19FN2. The van der Waals surface area contributed by atoms with Gasteiger partial charge in [0.15, 0.2) is 0 Å². The van der Waals surface area contributed by atoms with Gasteiger partial charge in [0.25, 0.3) is 0 Å². The Labute approximate surface area is 119 Å². The van der Waals surface area contributed by atoms with Gasteiger partial charge in [-0.05, 0) is 29.2 Å². The van der Waals surface area contributed by atoms with Crippen LogP contribution in [0, 0.1) is 5.82 Å². The number of hydrogen-bond acceptors (Lipinski definition) is 2. The second-order valence-electron chi connectivity index (χ2n) is 5.36. The van der Waals surface area contributed by atoms with Crippen LogP contribution < -0.4 is 5.73 Å². The minimum absolute atomic E-state index is 0.138. The molecule has 104 valence electrons. The van der Waals surface area contributed by atoms with Crippen LogP contribution in [-0.2, 0) is 26.1 Å². The predicted octanol–water partition coefficient (Wildman–Crippen LogP) is 2.84. The topological polar surface area (TPSA) is 29.3 Å². The molecular weight excluding hydrogens is 251 g/mol. The normalized spacial score (nSPS) is 15.1. The van der Waals surface area contributed by atoms with Crippen LogP contribution in [0.5, 0.6) is 0 Å². The van der Waals surface area contributed by atoms with Gasteiger partial charge in [-0.15, -0.1) is 0 Å². The van der Waals surface area contributed by atoms with Gasteiger partial charge in [-0.3, -0.25) is 4.90 Å². The lowest BCUT2D eigenvalue weighted by atomic mass is 9.99. The summed E-state index contributed by atoms with van der Waals surface area (Å²) in [5.41, 5.74) is 10.1. The molecule has 0 atom stereocenters. The van der Waals surface area contributed by atoms with Crippen LogP contribution in [0.2, 0.25) is 0 Å².